The van der Waals surface area contributed by atoms with E-state index in [9.17, 15) is 9.90 Å². The Morgan fingerprint density at radius 1 is 0.735 bits per heavy atom. The lowest BCUT2D eigenvalue weighted by atomic mass is 9.90. The number of amides is 2. The van der Waals surface area contributed by atoms with Gasteiger partial charge in [0.05, 0.1) is 42.7 Å². The molecule has 6 aromatic rings. The van der Waals surface area contributed by atoms with E-state index >= 15 is 0 Å². The second-order valence-electron chi connectivity index (χ2n) is 12.6. The number of hydrogen-bond donors (Lipinski definition) is 3. The van der Waals surface area contributed by atoms with Crippen LogP contribution in [0.4, 0.5) is 4.79 Å². The van der Waals surface area contributed by atoms with Gasteiger partial charge in [0.25, 0.3) is 0 Å². The van der Waals surface area contributed by atoms with E-state index in [0.717, 1.165) is 50.0 Å². The van der Waals surface area contributed by atoms with Crippen molar-refractivity contribution in [3.63, 3.8) is 0 Å². The van der Waals surface area contributed by atoms with Crippen LogP contribution in [0.1, 0.15) is 47.1 Å². The Kier molecular flexibility index (Phi) is 9.79. The van der Waals surface area contributed by atoms with Crippen LogP contribution in [0.3, 0.4) is 0 Å². The SMILES string of the molecule is C[C@@H]1[C@H](Cn2cnc3ccccc32)O[C@H](c2ccc(-c3cccc(CNC(=O)NCc4ccccc4)c3)cc2)O[C@@H]1c1ccc(CO)cc1. The molecule has 49 heavy (non-hydrogen) atoms. The number of benzene rings is 5. The van der Waals surface area contributed by atoms with Crippen LogP contribution in [0.2, 0.25) is 0 Å². The van der Waals surface area contributed by atoms with Gasteiger partial charge in [-0.25, -0.2) is 9.78 Å². The molecule has 0 aliphatic carbocycles. The van der Waals surface area contributed by atoms with Crippen LogP contribution in [0.25, 0.3) is 22.2 Å². The van der Waals surface area contributed by atoms with Gasteiger partial charge in [-0.3, -0.25) is 0 Å². The molecule has 7 rings (SSSR count). The molecule has 1 aromatic heterocycles. The number of imidazole rings is 1. The zero-order valence-corrected chi connectivity index (χ0v) is 27.4. The summed E-state index contributed by atoms with van der Waals surface area (Å²) >= 11 is 0. The van der Waals surface area contributed by atoms with Crippen molar-refractivity contribution >= 4 is 17.1 Å². The molecule has 1 saturated heterocycles. The molecule has 8 heteroatoms. The predicted octanol–water partition coefficient (Wildman–Crippen LogP) is 7.69. The molecule has 1 aliphatic heterocycles. The molecular weight excluding hydrogens is 612 g/mol. The number of aliphatic hydroxyl groups is 1. The highest BCUT2D eigenvalue weighted by Gasteiger charge is 2.38. The smallest absolute Gasteiger partial charge is 0.315 e. The van der Waals surface area contributed by atoms with Crippen molar-refractivity contribution < 1.29 is 19.4 Å². The van der Waals surface area contributed by atoms with Crippen molar-refractivity contribution in [2.24, 2.45) is 5.92 Å². The van der Waals surface area contributed by atoms with Gasteiger partial charge in [0.1, 0.15) is 0 Å². The number of aliphatic hydroxyl groups excluding tert-OH is 1. The van der Waals surface area contributed by atoms with Gasteiger partial charge in [0, 0.05) is 24.6 Å². The van der Waals surface area contributed by atoms with Gasteiger partial charge >= 0.3 is 6.03 Å². The standard InChI is InChI=1S/C41H40N4O4/c1-28-38(25-45-27-44-36-12-5-6-13-37(36)45)48-40(49-39(28)33-16-14-30(26-46)15-17-33)34-20-18-32(19-21-34)35-11-7-10-31(22-35)24-43-41(47)42-23-29-8-3-2-4-9-29/h2-22,27-28,38-40,46H,23-26H2,1H3,(H2,42,43,47)/t28-,38+,39+,40+/m1/s1. The summed E-state index contributed by atoms with van der Waals surface area (Å²) in [6, 6.07) is 42.2. The summed E-state index contributed by atoms with van der Waals surface area (Å²) in [5.41, 5.74) is 9.04. The van der Waals surface area contributed by atoms with Crippen molar-refractivity contribution in [3.8, 4) is 11.1 Å². The van der Waals surface area contributed by atoms with Crippen molar-refractivity contribution in [1.82, 2.24) is 20.2 Å². The monoisotopic (exact) mass is 652 g/mol. The third-order valence-corrected chi connectivity index (χ3v) is 9.22. The number of nitrogens with zero attached hydrogens (tertiary/aromatic N) is 2. The highest BCUT2D eigenvalue weighted by atomic mass is 16.7. The summed E-state index contributed by atoms with van der Waals surface area (Å²) < 4.78 is 15.6. The van der Waals surface area contributed by atoms with Gasteiger partial charge in [0.2, 0.25) is 0 Å². The topological polar surface area (TPSA) is 97.6 Å². The first-order chi connectivity index (χ1) is 24.0. The molecular formula is C41H40N4O4. The second kappa shape index (κ2) is 14.9. The van der Waals surface area contributed by atoms with E-state index in [1.807, 2.05) is 91.3 Å². The van der Waals surface area contributed by atoms with E-state index < -0.39 is 6.29 Å². The highest BCUT2D eigenvalue weighted by molar-refractivity contribution is 5.75. The number of carbonyl (C=O) groups is 1. The van der Waals surface area contributed by atoms with Crippen LogP contribution in [0.15, 0.2) is 134 Å². The number of urea groups is 1. The Labute approximate surface area is 286 Å². The van der Waals surface area contributed by atoms with Crippen LogP contribution >= 0.6 is 0 Å². The third-order valence-electron chi connectivity index (χ3n) is 9.22. The van der Waals surface area contributed by atoms with E-state index in [1.165, 1.54) is 0 Å². The quantitative estimate of drug-likeness (QED) is 0.141. The summed E-state index contributed by atoms with van der Waals surface area (Å²) in [6.45, 7) is 3.70. The Bertz CT molecular complexity index is 1990. The molecule has 0 bridgehead atoms. The molecule has 3 N–H and O–H groups in total. The van der Waals surface area contributed by atoms with Gasteiger partial charge in [-0.2, -0.15) is 0 Å². The molecule has 2 heterocycles. The van der Waals surface area contributed by atoms with Crippen LogP contribution in [0, 0.1) is 5.92 Å². The van der Waals surface area contributed by atoms with Crippen molar-refractivity contribution in [2.75, 3.05) is 0 Å². The fraction of sp³-hybridized carbons (Fsp3) is 0.220. The number of hydrogen-bond acceptors (Lipinski definition) is 5. The Morgan fingerprint density at radius 3 is 2.20 bits per heavy atom. The lowest BCUT2D eigenvalue weighted by Gasteiger charge is -2.41. The summed E-state index contributed by atoms with van der Waals surface area (Å²) in [4.78, 5) is 17.0. The van der Waals surface area contributed by atoms with Gasteiger partial charge in [0.15, 0.2) is 6.29 Å². The summed E-state index contributed by atoms with van der Waals surface area (Å²) in [5.74, 6) is 0.0495. The van der Waals surface area contributed by atoms with Gasteiger partial charge in [-0.05, 0) is 51.6 Å². The molecule has 2 amide bonds. The minimum absolute atomic E-state index is 0.000716. The molecule has 0 radical (unpaired) electrons. The van der Waals surface area contributed by atoms with E-state index in [0.29, 0.717) is 19.6 Å². The largest absolute Gasteiger partial charge is 0.392 e. The summed E-state index contributed by atoms with van der Waals surface area (Å²) in [5, 5.41) is 15.5. The first-order valence-electron chi connectivity index (χ1n) is 16.7. The number of fused-ring (bicyclic) bond motifs is 1. The summed E-state index contributed by atoms with van der Waals surface area (Å²) in [7, 11) is 0. The summed E-state index contributed by atoms with van der Waals surface area (Å²) in [6.07, 6.45) is 0.955. The molecule has 1 aliphatic rings. The lowest BCUT2D eigenvalue weighted by Crippen LogP contribution is -2.39. The number of nitrogens with one attached hydrogen (secondary N) is 2. The molecule has 8 nitrogen and oxygen atoms in total. The fourth-order valence-electron chi connectivity index (χ4n) is 6.39. The molecule has 0 unspecified atom stereocenters. The molecule has 0 spiro atoms. The molecule has 1 fully saturated rings. The number of carbonyl (C=O) groups excluding carboxylic acids is 1. The zero-order valence-electron chi connectivity index (χ0n) is 27.4. The number of para-hydroxylation sites is 2. The number of aromatic nitrogens is 2. The van der Waals surface area contributed by atoms with Crippen molar-refractivity contribution in [2.45, 2.75) is 51.7 Å². The third kappa shape index (κ3) is 7.57. The Hall–Kier alpha value is -5.28. The Morgan fingerprint density at radius 2 is 1.43 bits per heavy atom. The normalized spacial score (nSPS) is 19.1. The minimum Gasteiger partial charge on any atom is -0.392 e. The molecule has 0 saturated carbocycles. The number of rotatable bonds is 10. The van der Waals surface area contributed by atoms with Gasteiger partial charge in [-0.1, -0.05) is 116 Å². The maximum absolute atomic E-state index is 12.4. The van der Waals surface area contributed by atoms with Crippen LogP contribution in [0.5, 0.6) is 0 Å². The molecule has 4 atom stereocenters. The van der Waals surface area contributed by atoms with Gasteiger partial charge < -0.3 is 29.8 Å². The van der Waals surface area contributed by atoms with E-state index in [4.69, 9.17) is 9.47 Å². The average molecular weight is 653 g/mol. The maximum Gasteiger partial charge on any atom is 0.315 e. The fourth-order valence-corrected chi connectivity index (χ4v) is 6.39. The minimum atomic E-state index is -0.572. The van der Waals surface area contributed by atoms with E-state index in [1.54, 1.807) is 0 Å². The second-order valence-corrected chi connectivity index (χ2v) is 12.6. The first kappa shape index (κ1) is 32.3. The molecule has 248 valence electrons. The van der Waals surface area contributed by atoms with Crippen LogP contribution in [-0.2, 0) is 35.7 Å². The van der Waals surface area contributed by atoms with Crippen LogP contribution < -0.4 is 10.6 Å². The van der Waals surface area contributed by atoms with Crippen LogP contribution in [-0.4, -0.2) is 26.8 Å². The maximum atomic E-state index is 12.4. The van der Waals surface area contributed by atoms with Crippen molar-refractivity contribution in [3.05, 3.63) is 162 Å². The Balaban J connectivity index is 1.06. The molecule has 5 aromatic carbocycles. The first-order valence-corrected chi connectivity index (χ1v) is 16.7. The van der Waals surface area contributed by atoms with Crippen molar-refractivity contribution in [1.29, 1.82) is 0 Å². The van der Waals surface area contributed by atoms with E-state index in [2.05, 4.69) is 69.6 Å². The zero-order chi connectivity index (χ0) is 33.6. The predicted molar refractivity (Wildman–Crippen MR) is 190 cm³/mol. The average Bonchev–Trinajstić information content (AvgIpc) is 3.57. The highest BCUT2D eigenvalue weighted by Crippen LogP contribution is 2.42. The number of ether oxygens (including phenoxy) is 2. The van der Waals surface area contributed by atoms with E-state index in [-0.39, 0.29) is 30.8 Å². The van der Waals surface area contributed by atoms with Gasteiger partial charge in [-0.15, -0.1) is 0 Å². The lowest BCUT2D eigenvalue weighted by molar-refractivity contribution is -0.276.